The Morgan fingerprint density at radius 2 is 2.50 bits per heavy atom. The summed E-state index contributed by atoms with van der Waals surface area (Å²) >= 11 is 3.73. The van der Waals surface area contributed by atoms with Gasteiger partial charge in [0.05, 0.1) is 0 Å². The van der Waals surface area contributed by atoms with Gasteiger partial charge in [0.2, 0.25) is 0 Å². The molecule has 0 spiro atoms. The molecule has 2 rings (SSSR count). The van der Waals surface area contributed by atoms with Crippen molar-refractivity contribution in [2.24, 2.45) is 5.92 Å². The third-order valence-corrected chi connectivity index (χ3v) is 3.46. The molecule has 2 unspecified atom stereocenters. The van der Waals surface area contributed by atoms with Gasteiger partial charge in [-0.15, -0.1) is 0 Å². The van der Waals surface area contributed by atoms with Gasteiger partial charge in [0.25, 0.3) is 0 Å². The quantitative estimate of drug-likeness (QED) is 0.495. The van der Waals surface area contributed by atoms with Gasteiger partial charge in [0.15, 0.2) is 0 Å². The Bertz CT molecular complexity index is 101. The van der Waals surface area contributed by atoms with Crippen molar-refractivity contribution < 1.29 is 0 Å². The van der Waals surface area contributed by atoms with Gasteiger partial charge in [0, 0.05) is 4.32 Å². The summed E-state index contributed by atoms with van der Waals surface area (Å²) in [5.41, 5.74) is 0. The van der Waals surface area contributed by atoms with E-state index in [1.165, 1.54) is 25.7 Å². The zero-order valence-electron chi connectivity index (χ0n) is 4.86. The van der Waals surface area contributed by atoms with Crippen LogP contribution in [0.15, 0.2) is 0 Å². The predicted octanol–water partition coefficient (Wildman–Crippen LogP) is 2.53. The first-order valence-electron chi connectivity index (χ1n) is 3.32. The highest BCUT2D eigenvalue weighted by atomic mass is 79.9. The molecule has 0 heterocycles. The van der Waals surface area contributed by atoms with Crippen LogP contribution in [0.5, 0.6) is 0 Å². The van der Waals surface area contributed by atoms with Gasteiger partial charge >= 0.3 is 0 Å². The Hall–Kier alpha value is 0.480. The molecular formula is C7H10Br. The number of hydrogen-bond donors (Lipinski definition) is 0. The van der Waals surface area contributed by atoms with Gasteiger partial charge in [-0.05, 0) is 38.0 Å². The fourth-order valence-corrected chi connectivity index (χ4v) is 2.77. The lowest BCUT2D eigenvalue weighted by atomic mass is 10.0. The molecule has 2 aliphatic carbocycles. The number of rotatable bonds is 0. The maximum Gasteiger partial charge on any atom is 0.0292 e. The monoisotopic (exact) mass is 173 g/mol. The molecule has 1 heteroatoms. The fraction of sp³-hybridized carbons (Fsp3) is 0.857. The summed E-state index contributed by atoms with van der Waals surface area (Å²) in [5, 5.41) is 0. The lowest BCUT2D eigenvalue weighted by Crippen LogP contribution is -2.11. The molecule has 0 aromatic carbocycles. The molecule has 0 aromatic heterocycles. The first kappa shape index (κ1) is 5.28. The van der Waals surface area contributed by atoms with E-state index < -0.39 is 0 Å². The van der Waals surface area contributed by atoms with E-state index in [1.807, 2.05) is 0 Å². The number of hydrogen-bond acceptors (Lipinski definition) is 0. The van der Waals surface area contributed by atoms with Crippen molar-refractivity contribution >= 4 is 15.9 Å². The van der Waals surface area contributed by atoms with Crippen molar-refractivity contribution in [1.82, 2.24) is 0 Å². The largest absolute Gasteiger partial charge is 0.0850 e. The Kier molecular flexibility index (Phi) is 0.989. The van der Waals surface area contributed by atoms with E-state index in [-0.39, 0.29) is 0 Å². The number of alkyl halides is 1. The van der Waals surface area contributed by atoms with Gasteiger partial charge < -0.3 is 0 Å². The lowest BCUT2D eigenvalue weighted by Gasteiger charge is -2.16. The van der Waals surface area contributed by atoms with E-state index in [1.54, 1.807) is 0 Å². The second kappa shape index (κ2) is 1.50. The molecule has 8 heavy (non-hydrogen) atoms. The Labute approximate surface area is 58.8 Å². The minimum absolute atomic E-state index is 0.498. The summed E-state index contributed by atoms with van der Waals surface area (Å²) in [6.45, 7) is 0. The predicted molar refractivity (Wildman–Crippen MR) is 37.9 cm³/mol. The maximum atomic E-state index is 3.73. The third kappa shape index (κ3) is 0.637. The maximum absolute atomic E-state index is 3.73. The van der Waals surface area contributed by atoms with Crippen molar-refractivity contribution in [2.45, 2.75) is 30.0 Å². The topological polar surface area (TPSA) is 0 Å². The highest BCUT2D eigenvalue weighted by molar-refractivity contribution is 9.10. The molecule has 0 amide bonds. The minimum atomic E-state index is 0.498. The van der Waals surface area contributed by atoms with E-state index in [0.717, 1.165) is 5.92 Å². The first-order chi connectivity index (χ1) is 3.79. The van der Waals surface area contributed by atoms with Gasteiger partial charge in [-0.1, -0.05) is 15.9 Å². The van der Waals surface area contributed by atoms with Crippen molar-refractivity contribution in [3.05, 3.63) is 6.42 Å². The van der Waals surface area contributed by atoms with E-state index in [9.17, 15) is 0 Å². The van der Waals surface area contributed by atoms with Crippen LogP contribution in [-0.2, 0) is 0 Å². The van der Waals surface area contributed by atoms with Gasteiger partial charge in [-0.3, -0.25) is 0 Å². The molecule has 1 radical (unpaired) electrons. The summed E-state index contributed by atoms with van der Waals surface area (Å²) in [7, 11) is 0. The highest BCUT2D eigenvalue weighted by Gasteiger charge is 2.42. The van der Waals surface area contributed by atoms with Crippen molar-refractivity contribution in [1.29, 1.82) is 0 Å². The molecule has 0 aliphatic heterocycles. The summed E-state index contributed by atoms with van der Waals surface area (Å²) < 4.78 is 0.498. The fourth-order valence-electron chi connectivity index (χ4n) is 1.89. The molecular weight excluding hydrogens is 164 g/mol. The molecule has 0 aromatic rings. The highest BCUT2D eigenvalue weighted by Crippen LogP contribution is 2.52. The van der Waals surface area contributed by atoms with E-state index in [4.69, 9.17) is 0 Å². The van der Waals surface area contributed by atoms with Gasteiger partial charge in [-0.2, -0.15) is 0 Å². The molecule has 2 saturated carbocycles. The second-order valence-corrected chi connectivity index (χ2v) is 4.66. The minimum Gasteiger partial charge on any atom is -0.0850 e. The zero-order chi connectivity index (χ0) is 5.61. The summed E-state index contributed by atoms with van der Waals surface area (Å²) in [6, 6.07) is 0. The first-order valence-corrected chi connectivity index (χ1v) is 4.11. The van der Waals surface area contributed by atoms with E-state index in [2.05, 4.69) is 22.4 Å². The van der Waals surface area contributed by atoms with Crippen LogP contribution in [0.3, 0.4) is 0 Å². The Morgan fingerprint density at radius 3 is 2.62 bits per heavy atom. The van der Waals surface area contributed by atoms with Crippen molar-refractivity contribution in [3.63, 3.8) is 0 Å². The molecule has 2 bridgehead atoms. The van der Waals surface area contributed by atoms with Crippen molar-refractivity contribution in [3.8, 4) is 0 Å². The molecule has 2 aliphatic rings. The molecule has 0 N–H and O–H groups in total. The average molecular weight is 174 g/mol. The Morgan fingerprint density at radius 1 is 1.62 bits per heavy atom. The molecule has 0 saturated heterocycles. The molecule has 2 atom stereocenters. The van der Waals surface area contributed by atoms with Crippen LogP contribution in [0.4, 0.5) is 0 Å². The van der Waals surface area contributed by atoms with Crippen LogP contribution >= 0.6 is 15.9 Å². The summed E-state index contributed by atoms with van der Waals surface area (Å²) in [5.74, 6) is 1.04. The van der Waals surface area contributed by atoms with Gasteiger partial charge in [-0.25, -0.2) is 0 Å². The standard InChI is InChI=1S/C7H10Br/c8-7-3-1-6(5-7)2-4-7/h3,6H,1-2,4-5H2. The van der Waals surface area contributed by atoms with Crippen molar-refractivity contribution in [2.75, 3.05) is 0 Å². The smallest absolute Gasteiger partial charge is 0.0292 e. The van der Waals surface area contributed by atoms with E-state index in [0.29, 0.717) is 4.32 Å². The number of halogens is 1. The van der Waals surface area contributed by atoms with Crippen LogP contribution in [-0.4, -0.2) is 4.32 Å². The van der Waals surface area contributed by atoms with Crippen LogP contribution in [0.2, 0.25) is 0 Å². The molecule has 45 valence electrons. The summed E-state index contributed by atoms with van der Waals surface area (Å²) in [6.07, 6.45) is 8.07. The zero-order valence-corrected chi connectivity index (χ0v) is 6.45. The SMILES string of the molecule is BrC12[CH]CC(CC1)C2. The average Bonchev–Trinajstić information content (AvgIpc) is 2.21. The normalized spacial score (nSPS) is 52.9. The van der Waals surface area contributed by atoms with E-state index >= 15 is 0 Å². The second-order valence-electron chi connectivity index (χ2n) is 3.08. The molecule has 2 fully saturated rings. The van der Waals surface area contributed by atoms with Crippen LogP contribution in [0, 0.1) is 12.3 Å². The Balaban J connectivity index is 2.19. The summed E-state index contributed by atoms with van der Waals surface area (Å²) in [4.78, 5) is 0. The van der Waals surface area contributed by atoms with Gasteiger partial charge in [0.1, 0.15) is 0 Å². The molecule has 0 nitrogen and oxygen atoms in total. The van der Waals surface area contributed by atoms with Crippen LogP contribution < -0.4 is 0 Å². The number of fused-ring (bicyclic) bond motifs is 2. The van der Waals surface area contributed by atoms with Crippen LogP contribution in [0.1, 0.15) is 25.7 Å². The van der Waals surface area contributed by atoms with Crippen LogP contribution in [0.25, 0.3) is 0 Å². The third-order valence-electron chi connectivity index (χ3n) is 2.41. The lowest BCUT2D eigenvalue weighted by molar-refractivity contribution is 0.562.